The first-order valence-corrected chi connectivity index (χ1v) is 4.76. The number of halogens is 2. The summed E-state index contributed by atoms with van der Waals surface area (Å²) in [6.45, 7) is -0.0249. The van der Waals surface area contributed by atoms with Crippen LogP contribution in [-0.4, -0.2) is 5.11 Å². The molecule has 0 fully saturated rings. The van der Waals surface area contributed by atoms with Crippen molar-refractivity contribution in [2.75, 3.05) is 0 Å². The second-order valence-corrected chi connectivity index (χ2v) is 3.91. The molecule has 0 saturated carbocycles. The molecule has 1 aromatic rings. The molecular formula is C8H5Br2NO. The number of aliphatic hydroxyl groups excluding tert-OH is 1. The molecule has 4 heteroatoms. The number of nitrogens with zero attached hydrogens (tertiary/aromatic N) is 1. The SMILES string of the molecule is N#Cc1c(Br)cc(CO)cc1Br. The monoisotopic (exact) mass is 289 g/mol. The van der Waals surface area contributed by atoms with E-state index in [2.05, 4.69) is 31.9 Å². The van der Waals surface area contributed by atoms with Gasteiger partial charge in [-0.15, -0.1) is 0 Å². The summed E-state index contributed by atoms with van der Waals surface area (Å²) in [5.41, 5.74) is 1.32. The Morgan fingerprint density at radius 1 is 1.33 bits per heavy atom. The first-order valence-electron chi connectivity index (χ1n) is 3.18. The second kappa shape index (κ2) is 4.04. The van der Waals surface area contributed by atoms with Gasteiger partial charge in [-0.25, -0.2) is 0 Å². The van der Waals surface area contributed by atoms with Crippen LogP contribution in [0.1, 0.15) is 11.1 Å². The number of rotatable bonds is 1. The Morgan fingerprint density at radius 3 is 2.17 bits per heavy atom. The fourth-order valence-corrected chi connectivity index (χ4v) is 2.28. The molecule has 62 valence electrons. The summed E-state index contributed by atoms with van der Waals surface area (Å²) >= 11 is 6.47. The standard InChI is InChI=1S/C8H5Br2NO/c9-7-1-5(4-12)2-8(10)6(7)3-11/h1-2,12H,4H2. The van der Waals surface area contributed by atoms with Gasteiger partial charge in [-0.1, -0.05) is 0 Å². The highest BCUT2D eigenvalue weighted by atomic mass is 79.9. The van der Waals surface area contributed by atoms with Gasteiger partial charge < -0.3 is 5.11 Å². The van der Waals surface area contributed by atoms with Gasteiger partial charge in [0.1, 0.15) is 6.07 Å². The van der Waals surface area contributed by atoms with Crippen molar-refractivity contribution >= 4 is 31.9 Å². The van der Waals surface area contributed by atoms with Crippen molar-refractivity contribution in [1.29, 1.82) is 5.26 Å². The van der Waals surface area contributed by atoms with E-state index in [-0.39, 0.29) is 6.61 Å². The van der Waals surface area contributed by atoms with Crippen LogP contribution in [0.5, 0.6) is 0 Å². The topological polar surface area (TPSA) is 44.0 Å². The summed E-state index contributed by atoms with van der Waals surface area (Å²) in [6.07, 6.45) is 0. The number of aliphatic hydroxyl groups is 1. The predicted molar refractivity (Wildman–Crippen MR) is 52.5 cm³/mol. The van der Waals surface area contributed by atoms with Crippen molar-refractivity contribution in [1.82, 2.24) is 0 Å². The van der Waals surface area contributed by atoms with Crippen molar-refractivity contribution in [3.8, 4) is 6.07 Å². The molecule has 0 aliphatic carbocycles. The van der Waals surface area contributed by atoms with E-state index in [1.165, 1.54) is 0 Å². The summed E-state index contributed by atoms with van der Waals surface area (Å²) in [7, 11) is 0. The summed E-state index contributed by atoms with van der Waals surface area (Å²) in [4.78, 5) is 0. The average Bonchev–Trinajstić information content (AvgIpc) is 2.03. The van der Waals surface area contributed by atoms with Crippen molar-refractivity contribution in [3.05, 3.63) is 32.2 Å². The molecule has 0 saturated heterocycles. The van der Waals surface area contributed by atoms with E-state index in [1.54, 1.807) is 12.1 Å². The lowest BCUT2D eigenvalue weighted by molar-refractivity contribution is 0.281. The van der Waals surface area contributed by atoms with Crippen LogP contribution in [0.15, 0.2) is 21.1 Å². The minimum Gasteiger partial charge on any atom is -0.392 e. The van der Waals surface area contributed by atoms with Crippen molar-refractivity contribution < 1.29 is 5.11 Å². The fraction of sp³-hybridized carbons (Fsp3) is 0.125. The lowest BCUT2D eigenvalue weighted by atomic mass is 10.2. The third kappa shape index (κ3) is 1.86. The molecule has 0 amide bonds. The van der Waals surface area contributed by atoms with Gasteiger partial charge in [0.05, 0.1) is 12.2 Å². The third-order valence-corrected chi connectivity index (χ3v) is 2.65. The quantitative estimate of drug-likeness (QED) is 0.864. The number of nitriles is 1. The molecule has 0 radical (unpaired) electrons. The summed E-state index contributed by atoms with van der Waals surface area (Å²) < 4.78 is 1.40. The van der Waals surface area contributed by atoms with Gasteiger partial charge in [-0.2, -0.15) is 5.26 Å². The van der Waals surface area contributed by atoms with E-state index >= 15 is 0 Å². The second-order valence-electron chi connectivity index (χ2n) is 2.20. The van der Waals surface area contributed by atoms with E-state index in [4.69, 9.17) is 10.4 Å². The molecule has 0 bridgehead atoms. The van der Waals surface area contributed by atoms with Crippen LogP contribution in [0.3, 0.4) is 0 Å². The number of hydrogen-bond donors (Lipinski definition) is 1. The van der Waals surface area contributed by atoms with Gasteiger partial charge in [0.2, 0.25) is 0 Å². The van der Waals surface area contributed by atoms with Gasteiger partial charge in [-0.05, 0) is 49.6 Å². The summed E-state index contributed by atoms with van der Waals surface area (Å²) in [5, 5.41) is 17.5. The highest BCUT2D eigenvalue weighted by Crippen LogP contribution is 2.26. The summed E-state index contributed by atoms with van der Waals surface area (Å²) in [6, 6.07) is 5.49. The minimum atomic E-state index is -0.0249. The number of hydrogen-bond acceptors (Lipinski definition) is 2. The summed E-state index contributed by atoms with van der Waals surface area (Å²) in [5.74, 6) is 0. The van der Waals surface area contributed by atoms with Crippen LogP contribution < -0.4 is 0 Å². The van der Waals surface area contributed by atoms with E-state index in [0.29, 0.717) is 14.5 Å². The normalized spacial score (nSPS) is 9.50. The van der Waals surface area contributed by atoms with E-state index in [1.807, 2.05) is 6.07 Å². The van der Waals surface area contributed by atoms with Gasteiger partial charge in [-0.3, -0.25) is 0 Å². The molecular weight excluding hydrogens is 286 g/mol. The van der Waals surface area contributed by atoms with E-state index in [0.717, 1.165) is 5.56 Å². The zero-order valence-corrected chi connectivity index (χ0v) is 9.18. The highest BCUT2D eigenvalue weighted by molar-refractivity contribution is 9.11. The smallest absolute Gasteiger partial charge is 0.102 e. The van der Waals surface area contributed by atoms with Crippen LogP contribution >= 0.6 is 31.9 Å². The largest absolute Gasteiger partial charge is 0.392 e. The molecule has 12 heavy (non-hydrogen) atoms. The maximum absolute atomic E-state index is 8.83. The highest BCUT2D eigenvalue weighted by Gasteiger charge is 2.05. The molecule has 2 nitrogen and oxygen atoms in total. The zero-order valence-electron chi connectivity index (χ0n) is 6.01. The van der Waals surface area contributed by atoms with Gasteiger partial charge >= 0.3 is 0 Å². The molecule has 1 rings (SSSR count). The molecule has 0 atom stereocenters. The molecule has 0 aliphatic heterocycles. The number of benzene rings is 1. The fourth-order valence-electron chi connectivity index (χ4n) is 0.824. The van der Waals surface area contributed by atoms with Crippen molar-refractivity contribution in [2.24, 2.45) is 0 Å². The maximum Gasteiger partial charge on any atom is 0.102 e. The Kier molecular flexibility index (Phi) is 3.27. The molecule has 1 N–H and O–H groups in total. The first-order chi connectivity index (χ1) is 5.69. The first kappa shape index (κ1) is 9.72. The third-order valence-electron chi connectivity index (χ3n) is 1.40. The predicted octanol–water partition coefficient (Wildman–Crippen LogP) is 2.58. The van der Waals surface area contributed by atoms with E-state index in [9.17, 15) is 0 Å². The van der Waals surface area contributed by atoms with Crippen LogP contribution in [0.2, 0.25) is 0 Å². The Morgan fingerprint density at radius 2 is 1.83 bits per heavy atom. The van der Waals surface area contributed by atoms with Crippen LogP contribution in [0.4, 0.5) is 0 Å². The minimum absolute atomic E-state index is 0.0249. The van der Waals surface area contributed by atoms with Crippen molar-refractivity contribution in [2.45, 2.75) is 6.61 Å². The molecule has 0 unspecified atom stereocenters. The van der Waals surface area contributed by atoms with Crippen LogP contribution in [-0.2, 0) is 6.61 Å². The Hall–Kier alpha value is -0.370. The van der Waals surface area contributed by atoms with Crippen LogP contribution in [0.25, 0.3) is 0 Å². The Labute approximate surface area is 87.1 Å². The maximum atomic E-state index is 8.83. The Bertz CT molecular complexity index is 320. The molecule has 0 aromatic heterocycles. The van der Waals surface area contributed by atoms with Gasteiger partial charge in [0, 0.05) is 8.95 Å². The molecule has 1 aromatic carbocycles. The van der Waals surface area contributed by atoms with E-state index < -0.39 is 0 Å². The molecule has 0 spiro atoms. The lowest BCUT2D eigenvalue weighted by Crippen LogP contribution is -1.87. The lowest BCUT2D eigenvalue weighted by Gasteiger charge is -2.01. The van der Waals surface area contributed by atoms with Gasteiger partial charge in [0.15, 0.2) is 0 Å². The molecule has 0 heterocycles. The van der Waals surface area contributed by atoms with Crippen molar-refractivity contribution in [3.63, 3.8) is 0 Å². The zero-order chi connectivity index (χ0) is 9.14. The molecule has 0 aliphatic rings. The Balaban J connectivity index is 3.30. The average molecular weight is 291 g/mol. The van der Waals surface area contributed by atoms with Gasteiger partial charge in [0.25, 0.3) is 0 Å². The van der Waals surface area contributed by atoms with Crippen LogP contribution in [0, 0.1) is 11.3 Å².